The SMILES string of the molecule is Cc1cc(CN2CCN(c3ccnc(N4CCCC4)n3)CC2)nn1C. The molecule has 134 valence electrons. The molecule has 7 nitrogen and oxygen atoms in total. The first-order chi connectivity index (χ1) is 12.2. The van der Waals surface area contributed by atoms with Crippen LogP contribution in [-0.4, -0.2) is 63.9 Å². The Morgan fingerprint density at radius 2 is 1.76 bits per heavy atom. The van der Waals surface area contributed by atoms with Gasteiger partial charge >= 0.3 is 0 Å². The highest BCUT2D eigenvalue weighted by molar-refractivity contribution is 5.44. The van der Waals surface area contributed by atoms with Gasteiger partial charge in [-0.1, -0.05) is 0 Å². The molecule has 0 bridgehead atoms. The van der Waals surface area contributed by atoms with Gasteiger partial charge in [-0.2, -0.15) is 10.1 Å². The summed E-state index contributed by atoms with van der Waals surface area (Å²) in [5, 5.41) is 4.57. The summed E-state index contributed by atoms with van der Waals surface area (Å²) in [7, 11) is 2.00. The molecule has 2 aromatic rings. The van der Waals surface area contributed by atoms with Gasteiger partial charge in [-0.25, -0.2) is 4.98 Å². The largest absolute Gasteiger partial charge is 0.354 e. The molecule has 2 aromatic heterocycles. The molecule has 0 radical (unpaired) electrons. The fourth-order valence-electron chi connectivity index (χ4n) is 3.66. The number of hydrogen-bond acceptors (Lipinski definition) is 6. The van der Waals surface area contributed by atoms with Gasteiger partial charge in [-0.15, -0.1) is 0 Å². The van der Waals surface area contributed by atoms with E-state index < -0.39 is 0 Å². The quantitative estimate of drug-likeness (QED) is 0.839. The van der Waals surface area contributed by atoms with Crippen molar-refractivity contribution in [3.8, 4) is 0 Å². The second-order valence-electron chi connectivity index (χ2n) is 7.07. The normalized spacial score (nSPS) is 19.0. The molecule has 0 amide bonds. The third kappa shape index (κ3) is 3.61. The van der Waals surface area contributed by atoms with E-state index in [9.17, 15) is 0 Å². The number of anilines is 2. The molecular formula is C18H27N7. The minimum absolute atomic E-state index is 0.890. The smallest absolute Gasteiger partial charge is 0.227 e. The summed E-state index contributed by atoms with van der Waals surface area (Å²) < 4.78 is 1.95. The number of hydrogen-bond donors (Lipinski definition) is 0. The summed E-state index contributed by atoms with van der Waals surface area (Å²) in [5.41, 5.74) is 2.37. The number of rotatable bonds is 4. The predicted molar refractivity (Wildman–Crippen MR) is 98.9 cm³/mol. The zero-order valence-electron chi connectivity index (χ0n) is 15.2. The maximum Gasteiger partial charge on any atom is 0.227 e. The average molecular weight is 341 g/mol. The summed E-state index contributed by atoms with van der Waals surface area (Å²) in [6.07, 6.45) is 4.40. The molecule has 4 rings (SSSR count). The first-order valence-corrected chi connectivity index (χ1v) is 9.24. The monoisotopic (exact) mass is 341 g/mol. The summed E-state index contributed by atoms with van der Waals surface area (Å²) >= 11 is 0. The van der Waals surface area contributed by atoms with Gasteiger partial charge in [0.1, 0.15) is 5.82 Å². The van der Waals surface area contributed by atoms with Crippen molar-refractivity contribution in [1.82, 2.24) is 24.6 Å². The van der Waals surface area contributed by atoms with Crippen molar-refractivity contribution in [2.24, 2.45) is 7.05 Å². The Bertz CT molecular complexity index is 692. The van der Waals surface area contributed by atoms with Crippen LogP contribution in [0.5, 0.6) is 0 Å². The van der Waals surface area contributed by atoms with Crippen LogP contribution < -0.4 is 9.80 Å². The second-order valence-corrected chi connectivity index (χ2v) is 7.07. The van der Waals surface area contributed by atoms with E-state index in [0.29, 0.717) is 0 Å². The van der Waals surface area contributed by atoms with Crippen LogP contribution in [0.1, 0.15) is 24.2 Å². The minimum Gasteiger partial charge on any atom is -0.354 e. The first-order valence-electron chi connectivity index (χ1n) is 9.24. The predicted octanol–water partition coefficient (Wildman–Crippen LogP) is 1.44. The third-order valence-corrected chi connectivity index (χ3v) is 5.26. The molecule has 4 heterocycles. The van der Waals surface area contributed by atoms with E-state index in [1.807, 2.05) is 24.0 Å². The molecule has 2 aliphatic heterocycles. The van der Waals surface area contributed by atoms with Crippen molar-refractivity contribution in [2.75, 3.05) is 49.1 Å². The number of piperazine rings is 1. The fourth-order valence-corrected chi connectivity index (χ4v) is 3.66. The fraction of sp³-hybridized carbons (Fsp3) is 0.611. The highest BCUT2D eigenvalue weighted by Crippen LogP contribution is 2.20. The molecule has 0 saturated carbocycles. The zero-order chi connectivity index (χ0) is 17.2. The van der Waals surface area contributed by atoms with Crippen LogP contribution in [0.2, 0.25) is 0 Å². The Balaban J connectivity index is 1.36. The second kappa shape index (κ2) is 7.00. The Morgan fingerprint density at radius 1 is 1.00 bits per heavy atom. The van der Waals surface area contributed by atoms with Crippen molar-refractivity contribution in [2.45, 2.75) is 26.3 Å². The Labute approximate surface area is 149 Å². The van der Waals surface area contributed by atoms with Crippen LogP contribution in [0.3, 0.4) is 0 Å². The topological polar surface area (TPSA) is 53.3 Å². The van der Waals surface area contributed by atoms with Gasteiger partial charge in [0, 0.05) is 64.8 Å². The lowest BCUT2D eigenvalue weighted by atomic mass is 10.2. The van der Waals surface area contributed by atoms with E-state index in [2.05, 4.69) is 37.8 Å². The van der Waals surface area contributed by atoms with E-state index in [4.69, 9.17) is 4.98 Å². The first kappa shape index (κ1) is 16.3. The number of aryl methyl sites for hydroxylation is 2. The molecular weight excluding hydrogens is 314 g/mol. The van der Waals surface area contributed by atoms with Gasteiger partial charge < -0.3 is 9.80 Å². The molecule has 25 heavy (non-hydrogen) atoms. The lowest BCUT2D eigenvalue weighted by molar-refractivity contribution is 0.246. The summed E-state index contributed by atoms with van der Waals surface area (Å²) in [6, 6.07) is 4.22. The number of nitrogens with zero attached hydrogens (tertiary/aromatic N) is 7. The van der Waals surface area contributed by atoms with Crippen LogP contribution in [0.4, 0.5) is 11.8 Å². The average Bonchev–Trinajstić information content (AvgIpc) is 3.26. The van der Waals surface area contributed by atoms with Gasteiger partial charge in [-0.05, 0) is 31.9 Å². The molecule has 0 unspecified atom stereocenters. The highest BCUT2D eigenvalue weighted by Gasteiger charge is 2.21. The van der Waals surface area contributed by atoms with E-state index in [1.165, 1.54) is 18.5 Å². The molecule has 0 N–H and O–H groups in total. The maximum absolute atomic E-state index is 4.81. The lowest BCUT2D eigenvalue weighted by Crippen LogP contribution is -2.46. The standard InChI is InChI=1S/C18H27N7/c1-15-13-16(21-22(15)2)14-23-9-11-24(12-10-23)17-5-6-19-18(20-17)25-7-3-4-8-25/h5-6,13H,3-4,7-12,14H2,1-2H3. The van der Waals surface area contributed by atoms with Gasteiger partial charge in [0.2, 0.25) is 5.95 Å². The number of aromatic nitrogens is 4. The van der Waals surface area contributed by atoms with Crippen molar-refractivity contribution in [3.05, 3.63) is 29.7 Å². The molecule has 2 aliphatic rings. The maximum atomic E-state index is 4.81. The molecule has 2 saturated heterocycles. The van der Waals surface area contributed by atoms with Gasteiger partial charge in [0.05, 0.1) is 5.69 Å². The van der Waals surface area contributed by atoms with E-state index in [-0.39, 0.29) is 0 Å². The molecule has 2 fully saturated rings. The molecule has 7 heteroatoms. The van der Waals surface area contributed by atoms with E-state index >= 15 is 0 Å². The lowest BCUT2D eigenvalue weighted by Gasteiger charge is -2.35. The Kier molecular flexibility index (Phi) is 4.57. The van der Waals surface area contributed by atoms with Crippen molar-refractivity contribution < 1.29 is 0 Å². The van der Waals surface area contributed by atoms with Crippen LogP contribution in [0.15, 0.2) is 18.3 Å². The van der Waals surface area contributed by atoms with E-state index in [1.54, 1.807) is 0 Å². The summed E-state index contributed by atoms with van der Waals surface area (Å²) in [6.45, 7) is 9.28. The third-order valence-electron chi connectivity index (χ3n) is 5.26. The molecule has 0 aromatic carbocycles. The highest BCUT2D eigenvalue weighted by atomic mass is 15.3. The van der Waals surface area contributed by atoms with Gasteiger partial charge in [-0.3, -0.25) is 9.58 Å². The van der Waals surface area contributed by atoms with Gasteiger partial charge in [0.15, 0.2) is 0 Å². The van der Waals surface area contributed by atoms with Crippen LogP contribution in [0.25, 0.3) is 0 Å². The van der Waals surface area contributed by atoms with Crippen molar-refractivity contribution in [3.63, 3.8) is 0 Å². The molecule has 0 spiro atoms. The van der Waals surface area contributed by atoms with Gasteiger partial charge in [0.25, 0.3) is 0 Å². The molecule has 0 atom stereocenters. The molecule has 0 aliphatic carbocycles. The summed E-state index contributed by atoms with van der Waals surface area (Å²) in [5.74, 6) is 1.95. The van der Waals surface area contributed by atoms with Crippen LogP contribution >= 0.6 is 0 Å². The minimum atomic E-state index is 0.890. The Hall–Kier alpha value is -2.15. The zero-order valence-corrected chi connectivity index (χ0v) is 15.2. The summed E-state index contributed by atoms with van der Waals surface area (Å²) in [4.78, 5) is 16.4. The van der Waals surface area contributed by atoms with Crippen LogP contribution in [-0.2, 0) is 13.6 Å². The van der Waals surface area contributed by atoms with Crippen molar-refractivity contribution >= 4 is 11.8 Å². The van der Waals surface area contributed by atoms with E-state index in [0.717, 1.165) is 63.3 Å². The van der Waals surface area contributed by atoms with Crippen LogP contribution in [0, 0.1) is 6.92 Å². The van der Waals surface area contributed by atoms with Crippen molar-refractivity contribution in [1.29, 1.82) is 0 Å². The Morgan fingerprint density at radius 3 is 2.44 bits per heavy atom.